The number of para-hydroxylation sites is 2. The number of aromatic nitrogens is 1. The Labute approximate surface area is 374 Å². The van der Waals surface area contributed by atoms with Gasteiger partial charge in [0.25, 0.3) is 0 Å². The Morgan fingerprint density at radius 1 is 0.477 bits per heavy atom. The number of aryl methyl sites for hydroxylation is 1. The third-order valence-corrected chi connectivity index (χ3v) is 14.0. The Hall–Kier alpha value is -8.28. The lowest BCUT2D eigenvalue weighted by atomic mass is 9.84. The highest BCUT2D eigenvalue weighted by molar-refractivity contribution is 6.25. The van der Waals surface area contributed by atoms with E-state index in [2.05, 4.69) is 210 Å². The maximum atomic E-state index is 7.12. The van der Waals surface area contributed by atoms with Crippen LogP contribution in [-0.4, -0.2) is 16.4 Å². The molecule has 0 amide bonds. The number of fused-ring (bicyclic) bond motifs is 13. The van der Waals surface area contributed by atoms with Gasteiger partial charge in [0.15, 0.2) is 6.17 Å². The normalized spacial score (nSPS) is 16.2. The quantitative estimate of drug-likeness (QED) is 0.193. The molecule has 306 valence electrons. The zero-order valence-corrected chi connectivity index (χ0v) is 35.4. The van der Waals surface area contributed by atoms with Gasteiger partial charge in [-0.3, -0.25) is 4.57 Å². The molecule has 65 heavy (non-hydrogen) atoms. The van der Waals surface area contributed by atoms with Gasteiger partial charge in [0.05, 0.1) is 11.0 Å². The number of benzene rings is 10. The summed E-state index contributed by atoms with van der Waals surface area (Å²) in [5, 5.41) is 15.5. The van der Waals surface area contributed by atoms with Crippen molar-refractivity contribution in [3.05, 3.63) is 228 Å². The molecule has 0 spiro atoms. The molecule has 2 atom stereocenters. The van der Waals surface area contributed by atoms with Crippen molar-refractivity contribution in [1.82, 2.24) is 9.88 Å². The van der Waals surface area contributed by atoms with Gasteiger partial charge in [-0.05, 0) is 116 Å². The zero-order chi connectivity index (χ0) is 42.6. The average Bonchev–Trinajstić information content (AvgIpc) is 3.87. The fraction of sp³-hybridized carbons (Fsp3) is 0.0667. The van der Waals surface area contributed by atoms with Crippen molar-refractivity contribution in [2.75, 3.05) is 0 Å². The van der Waals surface area contributed by atoms with Crippen molar-refractivity contribution in [2.24, 2.45) is 9.98 Å². The SMILES string of the molecule is c1ccc2c(c1)-c1cc3ccccc3cc1CCC2c1cc(C2=NC(c3ccc4ccccc4c3)N=C(n3c4ccccc4c4ccccc43)N2)c2c(c1)oc1c3ccccc3ccc12. The van der Waals surface area contributed by atoms with Crippen LogP contribution in [0.3, 0.4) is 0 Å². The second kappa shape index (κ2) is 14.1. The zero-order valence-electron chi connectivity index (χ0n) is 35.4. The van der Waals surface area contributed by atoms with Gasteiger partial charge in [-0.15, -0.1) is 0 Å². The van der Waals surface area contributed by atoms with Crippen LogP contribution in [0.4, 0.5) is 0 Å². The van der Waals surface area contributed by atoms with E-state index in [1.807, 2.05) is 0 Å². The minimum absolute atomic E-state index is 0.0979. The predicted molar refractivity (Wildman–Crippen MR) is 269 cm³/mol. The molecule has 14 rings (SSSR count). The smallest absolute Gasteiger partial charge is 0.211 e. The topological polar surface area (TPSA) is 54.8 Å². The van der Waals surface area contributed by atoms with Gasteiger partial charge in [0.1, 0.15) is 17.0 Å². The third-order valence-electron chi connectivity index (χ3n) is 14.0. The van der Waals surface area contributed by atoms with E-state index in [0.29, 0.717) is 0 Å². The summed E-state index contributed by atoms with van der Waals surface area (Å²) in [6, 6.07) is 72.6. The molecule has 1 aliphatic heterocycles. The summed E-state index contributed by atoms with van der Waals surface area (Å²) in [6.07, 6.45) is 1.38. The van der Waals surface area contributed by atoms with Crippen LogP contribution in [0.15, 0.2) is 215 Å². The van der Waals surface area contributed by atoms with E-state index in [-0.39, 0.29) is 5.92 Å². The molecule has 0 saturated heterocycles. The van der Waals surface area contributed by atoms with Gasteiger partial charge in [0.2, 0.25) is 5.96 Å². The van der Waals surface area contributed by atoms with E-state index in [1.54, 1.807) is 0 Å². The fourth-order valence-corrected chi connectivity index (χ4v) is 11.0. The third kappa shape index (κ3) is 5.65. The molecular formula is C60H40N4O. The molecule has 0 radical (unpaired) electrons. The largest absolute Gasteiger partial charge is 0.455 e. The van der Waals surface area contributed by atoms with Crippen LogP contribution < -0.4 is 5.32 Å². The molecule has 1 N–H and O–H groups in total. The maximum Gasteiger partial charge on any atom is 0.211 e. The number of nitrogens with zero attached hydrogens (tertiary/aromatic N) is 3. The van der Waals surface area contributed by atoms with Crippen molar-refractivity contribution in [3.8, 4) is 11.1 Å². The first kappa shape index (κ1) is 36.2. The highest BCUT2D eigenvalue weighted by atomic mass is 16.3. The Morgan fingerprint density at radius 2 is 1.12 bits per heavy atom. The van der Waals surface area contributed by atoms with E-state index in [0.717, 1.165) is 84.9 Å². The van der Waals surface area contributed by atoms with Crippen LogP contribution in [0, 0.1) is 0 Å². The van der Waals surface area contributed by atoms with Gasteiger partial charge in [-0.1, -0.05) is 158 Å². The van der Waals surface area contributed by atoms with Gasteiger partial charge in [-0.25, -0.2) is 9.98 Å². The second-order valence-electron chi connectivity index (χ2n) is 17.6. The van der Waals surface area contributed by atoms with Crippen molar-refractivity contribution < 1.29 is 4.42 Å². The summed E-state index contributed by atoms with van der Waals surface area (Å²) in [6.45, 7) is 0. The van der Waals surface area contributed by atoms with Crippen LogP contribution in [0.1, 0.15) is 46.3 Å². The van der Waals surface area contributed by atoms with Gasteiger partial charge in [-0.2, -0.15) is 0 Å². The molecule has 5 heteroatoms. The van der Waals surface area contributed by atoms with E-state index < -0.39 is 6.17 Å². The number of aliphatic imine (C=N–C) groups is 2. The fourth-order valence-electron chi connectivity index (χ4n) is 11.0. The first-order valence-electron chi connectivity index (χ1n) is 22.6. The summed E-state index contributed by atoms with van der Waals surface area (Å²) in [4.78, 5) is 11.1. The lowest BCUT2D eigenvalue weighted by molar-refractivity contribution is 0.668. The first-order chi connectivity index (χ1) is 32.2. The molecule has 2 aromatic heterocycles. The lowest BCUT2D eigenvalue weighted by Gasteiger charge is -2.25. The molecule has 0 bridgehead atoms. The van der Waals surface area contributed by atoms with Crippen molar-refractivity contribution >= 4 is 87.9 Å². The van der Waals surface area contributed by atoms with Crippen LogP contribution in [0.2, 0.25) is 0 Å². The van der Waals surface area contributed by atoms with Crippen LogP contribution in [0.5, 0.6) is 0 Å². The van der Waals surface area contributed by atoms with Gasteiger partial charge >= 0.3 is 0 Å². The minimum Gasteiger partial charge on any atom is -0.455 e. The molecule has 1 aliphatic carbocycles. The minimum atomic E-state index is -0.522. The average molecular weight is 833 g/mol. The number of nitrogens with one attached hydrogen (secondary N) is 1. The van der Waals surface area contributed by atoms with Crippen molar-refractivity contribution in [2.45, 2.75) is 24.9 Å². The Balaban J connectivity index is 1.02. The van der Waals surface area contributed by atoms with E-state index in [1.165, 1.54) is 54.7 Å². The number of rotatable bonds is 3. The lowest BCUT2D eigenvalue weighted by Crippen LogP contribution is -2.39. The number of hydrogen-bond donors (Lipinski definition) is 1. The van der Waals surface area contributed by atoms with E-state index >= 15 is 0 Å². The summed E-state index contributed by atoms with van der Waals surface area (Å²) >= 11 is 0. The summed E-state index contributed by atoms with van der Waals surface area (Å²) in [7, 11) is 0. The highest BCUT2D eigenvalue weighted by Crippen LogP contribution is 2.46. The van der Waals surface area contributed by atoms with Crippen LogP contribution >= 0.6 is 0 Å². The maximum absolute atomic E-state index is 7.12. The molecule has 2 unspecified atom stereocenters. The second-order valence-corrected chi connectivity index (χ2v) is 17.6. The number of amidine groups is 1. The highest BCUT2D eigenvalue weighted by Gasteiger charge is 2.30. The molecule has 0 fully saturated rings. The van der Waals surface area contributed by atoms with Crippen LogP contribution in [0.25, 0.3) is 87.2 Å². The summed E-state index contributed by atoms with van der Waals surface area (Å²) < 4.78 is 9.39. The molecule has 0 saturated carbocycles. The predicted octanol–water partition coefficient (Wildman–Crippen LogP) is 14.9. The monoisotopic (exact) mass is 832 g/mol. The number of furan rings is 1. The molecule has 12 aromatic rings. The summed E-state index contributed by atoms with van der Waals surface area (Å²) in [5.41, 5.74) is 12.5. The van der Waals surface area contributed by atoms with Crippen molar-refractivity contribution in [3.63, 3.8) is 0 Å². The molecule has 3 heterocycles. The number of hydrogen-bond acceptors (Lipinski definition) is 4. The van der Waals surface area contributed by atoms with Crippen molar-refractivity contribution in [1.29, 1.82) is 0 Å². The van der Waals surface area contributed by atoms with Gasteiger partial charge in [0, 0.05) is 38.4 Å². The first-order valence-corrected chi connectivity index (χ1v) is 22.6. The van der Waals surface area contributed by atoms with Gasteiger partial charge < -0.3 is 9.73 Å². The standard InChI is InChI=1S/C60H40N4O/c1-2-15-38-32-42(26-25-36(38)13-1)58-61-59(63-60(62-58)64-53-23-11-9-21-48(53)49-22-10-12-24-54(49)64)52-34-43(35-55-56(52)50-30-27-37-14-5-6-18-45(37)57(50)65-55)44-29-28-41-31-39-16-3-4-17-40(39)33-51(41)47-20-8-7-19-46(44)47/h1-27,30-35,44,58H,28-29H2,(H,61,62,63). The summed E-state index contributed by atoms with van der Waals surface area (Å²) in [5.74, 6) is 1.58. The Morgan fingerprint density at radius 3 is 1.92 bits per heavy atom. The van der Waals surface area contributed by atoms with E-state index in [9.17, 15) is 0 Å². The molecule has 10 aromatic carbocycles. The Kier molecular flexibility index (Phi) is 7.87. The molecule has 2 aliphatic rings. The van der Waals surface area contributed by atoms with E-state index in [4.69, 9.17) is 14.4 Å². The molecule has 5 nitrogen and oxygen atoms in total. The Bertz CT molecular complexity index is 3960. The molecular weight excluding hydrogens is 793 g/mol. The van der Waals surface area contributed by atoms with Crippen LogP contribution in [-0.2, 0) is 6.42 Å².